The molecule has 0 aliphatic heterocycles. The number of nitrogens with two attached hydrogens (primary N) is 1. The van der Waals surface area contributed by atoms with Gasteiger partial charge in [-0.15, -0.1) is 12.4 Å². The van der Waals surface area contributed by atoms with Crippen molar-refractivity contribution in [3.63, 3.8) is 0 Å². The summed E-state index contributed by atoms with van der Waals surface area (Å²) in [4.78, 5) is 0. The Morgan fingerprint density at radius 1 is 1.06 bits per heavy atom. The third kappa shape index (κ3) is 4.12. The summed E-state index contributed by atoms with van der Waals surface area (Å²) in [7, 11) is 0. The average molecular weight is 242 g/mol. The summed E-state index contributed by atoms with van der Waals surface area (Å²) >= 11 is 0. The zero-order chi connectivity index (χ0) is 10.5. The van der Waals surface area contributed by atoms with Gasteiger partial charge in [0.2, 0.25) is 0 Å². The molecule has 0 aromatic heterocycles. The fourth-order valence-electron chi connectivity index (χ4n) is 2.04. The highest BCUT2D eigenvalue weighted by molar-refractivity contribution is 5.85. The lowest BCUT2D eigenvalue weighted by Gasteiger charge is -2.26. The molecule has 2 nitrogen and oxygen atoms in total. The van der Waals surface area contributed by atoms with Crippen molar-refractivity contribution in [2.24, 2.45) is 5.73 Å². The van der Waals surface area contributed by atoms with Gasteiger partial charge < -0.3 is 10.5 Å². The van der Waals surface area contributed by atoms with Gasteiger partial charge in [-0.2, -0.15) is 0 Å². The van der Waals surface area contributed by atoms with Crippen LogP contribution < -0.4 is 5.73 Å². The number of ether oxygens (including phenoxy) is 1. The molecule has 2 rings (SSSR count). The molecule has 0 spiro atoms. The standard InChI is InChI=1S/C13H19NO.ClH/c14-12-6-8-13(9-7-12)15-10-11-4-2-1-3-5-11;/h1-5,12-13H,6-10,14H2;1H/t12-,13-;. The van der Waals surface area contributed by atoms with Gasteiger partial charge in [0.25, 0.3) is 0 Å². The van der Waals surface area contributed by atoms with E-state index in [0.29, 0.717) is 12.1 Å². The Kier molecular flexibility index (Phi) is 5.81. The maximum atomic E-state index is 5.86. The lowest BCUT2D eigenvalue weighted by molar-refractivity contribution is 0.0138. The second kappa shape index (κ2) is 6.89. The van der Waals surface area contributed by atoms with Crippen molar-refractivity contribution in [2.75, 3.05) is 0 Å². The van der Waals surface area contributed by atoms with Gasteiger partial charge in [-0.05, 0) is 31.2 Å². The molecule has 1 aliphatic carbocycles. The van der Waals surface area contributed by atoms with Crippen molar-refractivity contribution in [1.82, 2.24) is 0 Å². The van der Waals surface area contributed by atoms with Crippen LogP contribution in [0.1, 0.15) is 31.2 Å². The maximum Gasteiger partial charge on any atom is 0.0720 e. The zero-order valence-corrected chi connectivity index (χ0v) is 10.3. The molecule has 0 amide bonds. The molecule has 2 N–H and O–H groups in total. The van der Waals surface area contributed by atoms with Gasteiger partial charge in [-0.1, -0.05) is 30.3 Å². The van der Waals surface area contributed by atoms with Crippen LogP contribution in [0.5, 0.6) is 0 Å². The number of rotatable bonds is 3. The Balaban J connectivity index is 0.00000128. The summed E-state index contributed by atoms with van der Waals surface area (Å²) in [6.07, 6.45) is 4.88. The van der Waals surface area contributed by atoms with Crippen LogP contribution in [0.4, 0.5) is 0 Å². The van der Waals surface area contributed by atoms with E-state index in [1.54, 1.807) is 0 Å². The largest absolute Gasteiger partial charge is 0.374 e. The second-order valence-electron chi connectivity index (χ2n) is 4.33. The summed E-state index contributed by atoms with van der Waals surface area (Å²) in [5.41, 5.74) is 7.11. The first kappa shape index (κ1) is 13.5. The minimum absolute atomic E-state index is 0. The monoisotopic (exact) mass is 241 g/mol. The predicted octanol–water partition coefficient (Wildman–Crippen LogP) is 2.89. The van der Waals surface area contributed by atoms with Gasteiger partial charge in [0.15, 0.2) is 0 Å². The summed E-state index contributed by atoms with van der Waals surface area (Å²) < 4.78 is 5.86. The highest BCUT2D eigenvalue weighted by Gasteiger charge is 2.18. The SMILES string of the molecule is Cl.N[C@H]1CC[C@H](OCc2ccccc2)CC1. The quantitative estimate of drug-likeness (QED) is 0.883. The molecule has 1 fully saturated rings. The van der Waals surface area contributed by atoms with Gasteiger partial charge in [0.05, 0.1) is 12.7 Å². The lowest BCUT2D eigenvalue weighted by atomic mass is 9.94. The summed E-state index contributed by atoms with van der Waals surface area (Å²) in [6, 6.07) is 10.7. The van der Waals surface area contributed by atoms with Crippen LogP contribution in [0.15, 0.2) is 30.3 Å². The minimum Gasteiger partial charge on any atom is -0.374 e. The molecule has 0 unspecified atom stereocenters. The zero-order valence-electron chi connectivity index (χ0n) is 9.47. The van der Waals surface area contributed by atoms with Crippen LogP contribution in [-0.2, 0) is 11.3 Å². The van der Waals surface area contributed by atoms with E-state index in [0.717, 1.165) is 32.3 Å². The molecule has 1 aromatic carbocycles. The Hall–Kier alpha value is -0.570. The van der Waals surface area contributed by atoms with Crippen molar-refractivity contribution in [1.29, 1.82) is 0 Å². The Morgan fingerprint density at radius 3 is 2.31 bits per heavy atom. The van der Waals surface area contributed by atoms with Crippen LogP contribution in [0.3, 0.4) is 0 Å². The van der Waals surface area contributed by atoms with Crippen LogP contribution >= 0.6 is 12.4 Å². The first-order valence-electron chi connectivity index (χ1n) is 5.75. The predicted molar refractivity (Wildman–Crippen MR) is 68.7 cm³/mol. The van der Waals surface area contributed by atoms with E-state index in [9.17, 15) is 0 Å². The number of benzene rings is 1. The minimum atomic E-state index is 0. The van der Waals surface area contributed by atoms with E-state index in [2.05, 4.69) is 24.3 Å². The third-order valence-electron chi connectivity index (χ3n) is 3.05. The number of halogens is 1. The van der Waals surface area contributed by atoms with Gasteiger partial charge >= 0.3 is 0 Å². The van der Waals surface area contributed by atoms with Crippen LogP contribution in [0.25, 0.3) is 0 Å². The maximum absolute atomic E-state index is 5.86. The van der Waals surface area contributed by atoms with Crippen LogP contribution in [-0.4, -0.2) is 12.1 Å². The van der Waals surface area contributed by atoms with Gasteiger partial charge in [-0.25, -0.2) is 0 Å². The van der Waals surface area contributed by atoms with E-state index in [1.807, 2.05) is 6.07 Å². The van der Waals surface area contributed by atoms with Crippen molar-refractivity contribution in [3.05, 3.63) is 35.9 Å². The summed E-state index contributed by atoms with van der Waals surface area (Å²) in [5, 5.41) is 0. The Bertz CT molecular complexity index is 283. The molecule has 16 heavy (non-hydrogen) atoms. The molecule has 1 aliphatic rings. The van der Waals surface area contributed by atoms with Crippen LogP contribution in [0, 0.1) is 0 Å². The smallest absolute Gasteiger partial charge is 0.0720 e. The van der Waals surface area contributed by atoms with Crippen molar-refractivity contribution in [3.8, 4) is 0 Å². The molecule has 90 valence electrons. The molecule has 1 saturated carbocycles. The van der Waals surface area contributed by atoms with E-state index < -0.39 is 0 Å². The lowest BCUT2D eigenvalue weighted by Crippen LogP contribution is -2.30. The Labute approximate surface area is 104 Å². The molecular weight excluding hydrogens is 222 g/mol. The first-order valence-corrected chi connectivity index (χ1v) is 5.75. The molecule has 3 heteroatoms. The highest BCUT2D eigenvalue weighted by Crippen LogP contribution is 2.20. The highest BCUT2D eigenvalue weighted by atomic mass is 35.5. The van der Waals surface area contributed by atoms with E-state index in [4.69, 9.17) is 10.5 Å². The normalized spacial score (nSPS) is 24.8. The fraction of sp³-hybridized carbons (Fsp3) is 0.538. The molecule has 0 atom stereocenters. The Morgan fingerprint density at radius 2 is 1.69 bits per heavy atom. The second-order valence-corrected chi connectivity index (χ2v) is 4.33. The van der Waals surface area contributed by atoms with E-state index in [1.165, 1.54) is 5.56 Å². The van der Waals surface area contributed by atoms with Gasteiger partial charge in [0.1, 0.15) is 0 Å². The van der Waals surface area contributed by atoms with E-state index in [-0.39, 0.29) is 12.4 Å². The van der Waals surface area contributed by atoms with Crippen molar-refractivity contribution >= 4 is 12.4 Å². The van der Waals surface area contributed by atoms with Gasteiger partial charge in [-0.3, -0.25) is 0 Å². The first-order chi connectivity index (χ1) is 7.34. The van der Waals surface area contributed by atoms with Crippen molar-refractivity contribution < 1.29 is 4.74 Å². The molecule has 1 aromatic rings. The van der Waals surface area contributed by atoms with E-state index >= 15 is 0 Å². The topological polar surface area (TPSA) is 35.2 Å². The summed E-state index contributed by atoms with van der Waals surface area (Å²) in [5.74, 6) is 0. The van der Waals surface area contributed by atoms with Crippen LogP contribution in [0.2, 0.25) is 0 Å². The number of hydrogen-bond donors (Lipinski definition) is 1. The number of hydrogen-bond acceptors (Lipinski definition) is 2. The molecule has 0 saturated heterocycles. The fourth-order valence-corrected chi connectivity index (χ4v) is 2.04. The van der Waals surface area contributed by atoms with Gasteiger partial charge in [0, 0.05) is 6.04 Å². The van der Waals surface area contributed by atoms with Crippen molar-refractivity contribution in [2.45, 2.75) is 44.4 Å². The summed E-state index contributed by atoms with van der Waals surface area (Å²) in [6.45, 7) is 0.737. The average Bonchev–Trinajstić information content (AvgIpc) is 2.30. The molecular formula is C13H20ClNO. The molecule has 0 heterocycles. The molecule has 0 bridgehead atoms. The third-order valence-corrected chi connectivity index (χ3v) is 3.05. The molecule has 0 radical (unpaired) electrons.